The first-order valence-corrected chi connectivity index (χ1v) is 6.22. The van der Waals surface area contributed by atoms with Crippen LogP contribution in [0.2, 0.25) is 0 Å². The number of carbonyl (C=O) groups excluding carboxylic acids is 1. The molecule has 0 fully saturated rings. The fourth-order valence-corrected chi connectivity index (χ4v) is 2.11. The second kappa shape index (κ2) is 5.15. The summed E-state index contributed by atoms with van der Waals surface area (Å²) in [6.45, 7) is 3.05. The third-order valence-electron chi connectivity index (χ3n) is 2.24. The van der Waals surface area contributed by atoms with Crippen molar-refractivity contribution in [3.63, 3.8) is 0 Å². The van der Waals surface area contributed by atoms with Crippen molar-refractivity contribution in [3.05, 3.63) is 28.0 Å². The Labute approximate surface area is 102 Å². The number of thiazole rings is 1. The molecular formula is C10H13N5OS. The molecule has 2 rings (SSSR count). The van der Waals surface area contributed by atoms with Gasteiger partial charge in [0.25, 0.3) is 0 Å². The van der Waals surface area contributed by atoms with Crippen LogP contribution in [0.5, 0.6) is 0 Å². The van der Waals surface area contributed by atoms with E-state index in [9.17, 15) is 4.79 Å². The summed E-state index contributed by atoms with van der Waals surface area (Å²) in [5.74, 6) is -0.153. The fourth-order valence-electron chi connectivity index (χ4n) is 1.45. The van der Waals surface area contributed by atoms with E-state index >= 15 is 0 Å². The van der Waals surface area contributed by atoms with Crippen LogP contribution in [-0.4, -0.2) is 25.8 Å². The minimum absolute atomic E-state index is 0.153. The van der Waals surface area contributed by atoms with Crippen molar-refractivity contribution in [3.8, 4) is 0 Å². The molecule has 0 atom stereocenters. The van der Waals surface area contributed by atoms with Crippen LogP contribution in [0.25, 0.3) is 0 Å². The van der Waals surface area contributed by atoms with Crippen molar-refractivity contribution in [1.82, 2.24) is 20.0 Å². The number of rotatable bonds is 5. The van der Waals surface area contributed by atoms with Gasteiger partial charge in [0.05, 0.1) is 6.20 Å². The van der Waals surface area contributed by atoms with E-state index in [0.29, 0.717) is 24.5 Å². The van der Waals surface area contributed by atoms with Gasteiger partial charge in [-0.1, -0.05) is 12.1 Å². The summed E-state index contributed by atoms with van der Waals surface area (Å²) in [5, 5.41) is 10.1. The predicted octanol–water partition coefficient (Wildman–Crippen LogP) is 0.834. The number of aryl methyl sites for hydroxylation is 1. The highest BCUT2D eigenvalue weighted by Crippen LogP contribution is 2.13. The predicted molar refractivity (Wildman–Crippen MR) is 63.8 cm³/mol. The second-order valence-corrected chi connectivity index (χ2v) is 4.44. The highest BCUT2D eigenvalue weighted by Gasteiger charge is 2.17. The molecule has 2 N–H and O–H groups in total. The Morgan fingerprint density at radius 1 is 1.59 bits per heavy atom. The number of ketones is 1. The summed E-state index contributed by atoms with van der Waals surface area (Å²) in [6.07, 6.45) is 2.37. The van der Waals surface area contributed by atoms with E-state index in [0.717, 1.165) is 11.4 Å². The van der Waals surface area contributed by atoms with Crippen molar-refractivity contribution in [2.45, 2.75) is 26.4 Å². The Balaban J connectivity index is 2.27. The number of hydrogen-bond donors (Lipinski definition) is 1. The summed E-state index contributed by atoms with van der Waals surface area (Å²) in [6, 6.07) is 0. The minimum atomic E-state index is -0.153. The van der Waals surface area contributed by atoms with Crippen LogP contribution < -0.4 is 5.73 Å². The van der Waals surface area contributed by atoms with Gasteiger partial charge in [-0.3, -0.25) is 4.79 Å². The first-order valence-electron chi connectivity index (χ1n) is 5.34. The molecule has 17 heavy (non-hydrogen) atoms. The van der Waals surface area contributed by atoms with Crippen LogP contribution >= 0.6 is 11.3 Å². The average Bonchev–Trinajstić information content (AvgIpc) is 2.97. The lowest BCUT2D eigenvalue weighted by atomic mass is 10.2. The monoisotopic (exact) mass is 251 g/mol. The molecular weight excluding hydrogens is 238 g/mol. The molecule has 0 saturated carbocycles. The normalized spacial score (nSPS) is 10.7. The van der Waals surface area contributed by atoms with Gasteiger partial charge >= 0.3 is 0 Å². The van der Waals surface area contributed by atoms with Gasteiger partial charge in [-0.05, 0) is 6.42 Å². The lowest BCUT2D eigenvalue weighted by molar-refractivity contribution is 0.102. The molecule has 0 aliphatic rings. The van der Waals surface area contributed by atoms with Crippen LogP contribution in [0.1, 0.15) is 34.5 Å². The van der Waals surface area contributed by atoms with Crippen LogP contribution in [-0.2, 0) is 13.1 Å². The van der Waals surface area contributed by atoms with Gasteiger partial charge in [0.2, 0.25) is 5.78 Å². The van der Waals surface area contributed by atoms with E-state index in [1.807, 2.05) is 6.92 Å². The Morgan fingerprint density at radius 2 is 2.41 bits per heavy atom. The number of nitrogens with zero attached hydrogens (tertiary/aromatic N) is 4. The number of carbonyl (C=O) groups is 1. The van der Waals surface area contributed by atoms with Crippen molar-refractivity contribution in [2.75, 3.05) is 0 Å². The molecule has 2 aromatic heterocycles. The van der Waals surface area contributed by atoms with E-state index in [-0.39, 0.29) is 5.78 Å². The Bertz CT molecular complexity index is 518. The Hall–Kier alpha value is -1.60. The highest BCUT2D eigenvalue weighted by atomic mass is 32.1. The maximum atomic E-state index is 12.1. The summed E-state index contributed by atoms with van der Waals surface area (Å²) in [5.41, 5.74) is 6.35. The van der Waals surface area contributed by atoms with Crippen molar-refractivity contribution >= 4 is 17.1 Å². The Morgan fingerprint density at radius 3 is 3.06 bits per heavy atom. The largest absolute Gasteiger partial charge is 0.325 e. The zero-order chi connectivity index (χ0) is 12.3. The molecule has 0 bridgehead atoms. The van der Waals surface area contributed by atoms with Crippen molar-refractivity contribution in [1.29, 1.82) is 0 Å². The van der Waals surface area contributed by atoms with Gasteiger partial charge in [0.15, 0.2) is 0 Å². The minimum Gasteiger partial charge on any atom is -0.325 e. The molecule has 0 saturated heterocycles. The standard InChI is InChI=1S/C10H13N5OS/c1-2-3-15-8(5-12-14-15)10(16)7-6-17-9(4-11)13-7/h5-6H,2-4,11H2,1H3. The van der Waals surface area contributed by atoms with E-state index in [2.05, 4.69) is 15.3 Å². The maximum Gasteiger partial charge on any atom is 0.231 e. The lowest BCUT2D eigenvalue weighted by Crippen LogP contribution is -2.12. The second-order valence-electron chi connectivity index (χ2n) is 3.50. The molecule has 0 aliphatic heterocycles. The smallest absolute Gasteiger partial charge is 0.231 e. The van der Waals surface area contributed by atoms with Crippen LogP contribution in [0.3, 0.4) is 0 Å². The highest BCUT2D eigenvalue weighted by molar-refractivity contribution is 7.09. The molecule has 0 radical (unpaired) electrons. The third-order valence-corrected chi connectivity index (χ3v) is 3.12. The zero-order valence-electron chi connectivity index (χ0n) is 9.46. The van der Waals surface area contributed by atoms with E-state index < -0.39 is 0 Å². The molecule has 0 spiro atoms. The van der Waals surface area contributed by atoms with E-state index in [1.54, 1.807) is 10.1 Å². The van der Waals surface area contributed by atoms with Crippen molar-refractivity contribution in [2.24, 2.45) is 5.73 Å². The van der Waals surface area contributed by atoms with Gasteiger partial charge in [-0.15, -0.1) is 16.4 Å². The van der Waals surface area contributed by atoms with E-state index in [4.69, 9.17) is 5.73 Å². The molecule has 0 amide bonds. The number of nitrogens with two attached hydrogens (primary N) is 1. The molecule has 2 heterocycles. The average molecular weight is 251 g/mol. The molecule has 90 valence electrons. The molecule has 0 aliphatic carbocycles. The Kier molecular flexibility index (Phi) is 3.60. The lowest BCUT2D eigenvalue weighted by Gasteiger charge is -2.01. The topological polar surface area (TPSA) is 86.7 Å². The maximum absolute atomic E-state index is 12.1. The first-order chi connectivity index (χ1) is 8.26. The van der Waals surface area contributed by atoms with Gasteiger partial charge < -0.3 is 5.73 Å². The molecule has 6 nitrogen and oxygen atoms in total. The molecule has 2 aromatic rings. The fraction of sp³-hybridized carbons (Fsp3) is 0.400. The summed E-state index contributed by atoms with van der Waals surface area (Å²) < 4.78 is 1.60. The first kappa shape index (κ1) is 11.9. The van der Waals surface area contributed by atoms with Gasteiger partial charge in [-0.2, -0.15) is 0 Å². The molecule has 7 heteroatoms. The van der Waals surface area contributed by atoms with Gasteiger partial charge in [0.1, 0.15) is 16.4 Å². The van der Waals surface area contributed by atoms with Gasteiger partial charge in [-0.25, -0.2) is 9.67 Å². The number of aromatic nitrogens is 4. The summed E-state index contributed by atoms with van der Waals surface area (Å²) in [7, 11) is 0. The summed E-state index contributed by atoms with van der Waals surface area (Å²) in [4.78, 5) is 16.3. The SMILES string of the molecule is CCCn1nncc1C(=O)c1csc(CN)n1. The van der Waals surface area contributed by atoms with Crippen LogP contribution in [0.4, 0.5) is 0 Å². The summed E-state index contributed by atoms with van der Waals surface area (Å²) >= 11 is 1.39. The molecule has 0 unspecified atom stereocenters. The van der Waals surface area contributed by atoms with Crippen LogP contribution in [0.15, 0.2) is 11.6 Å². The van der Waals surface area contributed by atoms with Crippen molar-refractivity contribution < 1.29 is 4.79 Å². The van der Waals surface area contributed by atoms with E-state index in [1.165, 1.54) is 17.5 Å². The number of hydrogen-bond acceptors (Lipinski definition) is 6. The van der Waals surface area contributed by atoms with Gasteiger partial charge in [0, 0.05) is 18.5 Å². The molecule has 0 aromatic carbocycles. The zero-order valence-corrected chi connectivity index (χ0v) is 10.3. The quantitative estimate of drug-likeness (QED) is 0.795. The van der Waals surface area contributed by atoms with Crippen LogP contribution in [0, 0.1) is 0 Å². The third kappa shape index (κ3) is 2.40.